The molecule has 2 aromatic rings. The van der Waals surface area contributed by atoms with Gasteiger partial charge in [0.25, 0.3) is 0 Å². The van der Waals surface area contributed by atoms with Gasteiger partial charge in [-0.2, -0.15) is 4.98 Å². The molecule has 3 aliphatic rings. The zero-order valence-corrected chi connectivity index (χ0v) is 20.1. The van der Waals surface area contributed by atoms with Crippen molar-refractivity contribution < 1.29 is 9.18 Å². The van der Waals surface area contributed by atoms with Gasteiger partial charge in [-0.05, 0) is 74.0 Å². The van der Waals surface area contributed by atoms with Gasteiger partial charge in [-0.25, -0.2) is 9.37 Å². The molecule has 186 valence electrons. The highest BCUT2D eigenvalue weighted by Gasteiger charge is 2.25. The normalized spacial score (nSPS) is 20.9. The number of nitrogens with zero attached hydrogens (tertiary/aromatic N) is 4. The van der Waals surface area contributed by atoms with Crippen molar-refractivity contribution in [3.8, 4) is 0 Å². The van der Waals surface area contributed by atoms with E-state index in [1.807, 2.05) is 6.07 Å². The van der Waals surface area contributed by atoms with E-state index in [4.69, 9.17) is 0 Å². The van der Waals surface area contributed by atoms with Crippen LogP contribution < -0.4 is 16.0 Å². The van der Waals surface area contributed by atoms with E-state index in [-0.39, 0.29) is 17.8 Å². The van der Waals surface area contributed by atoms with Gasteiger partial charge in [0.1, 0.15) is 0 Å². The van der Waals surface area contributed by atoms with Crippen molar-refractivity contribution in [3.05, 3.63) is 54.0 Å². The maximum absolute atomic E-state index is 14.5. The zero-order chi connectivity index (χ0) is 24.2. The molecule has 1 aromatic heterocycles. The van der Waals surface area contributed by atoms with Gasteiger partial charge in [-0.1, -0.05) is 12.6 Å². The molecule has 1 atom stereocenters. The second-order valence-electron chi connectivity index (χ2n) is 9.83. The molecule has 9 heteroatoms. The number of fused-ring (bicyclic) bond motifs is 1. The molecule has 3 N–H and O–H groups in total. The third-order valence-corrected chi connectivity index (χ3v) is 7.22. The van der Waals surface area contributed by atoms with E-state index in [1.54, 1.807) is 4.90 Å². The molecule has 1 amide bonds. The molecule has 2 fully saturated rings. The average Bonchev–Trinajstić information content (AvgIpc) is 3.28. The van der Waals surface area contributed by atoms with Gasteiger partial charge in [0.15, 0.2) is 11.6 Å². The van der Waals surface area contributed by atoms with E-state index < -0.39 is 5.82 Å². The second-order valence-corrected chi connectivity index (χ2v) is 9.83. The third kappa shape index (κ3) is 5.79. The quantitative estimate of drug-likeness (QED) is 0.526. The number of anilines is 3. The van der Waals surface area contributed by atoms with Gasteiger partial charge < -0.3 is 20.9 Å². The topological polar surface area (TPSA) is 85.4 Å². The number of nitrogens with one attached hydrogen (secondary N) is 3. The first-order valence-corrected chi connectivity index (χ1v) is 12.6. The van der Waals surface area contributed by atoms with E-state index in [1.165, 1.54) is 36.2 Å². The summed E-state index contributed by atoms with van der Waals surface area (Å²) in [4.78, 5) is 24.7. The molecular weight excluding hydrogens is 445 g/mol. The van der Waals surface area contributed by atoms with Crippen LogP contribution in [0.1, 0.15) is 36.8 Å². The fraction of sp³-hybridized carbons (Fsp3) is 0.500. The molecule has 4 heterocycles. The minimum absolute atomic E-state index is 0.0733. The summed E-state index contributed by atoms with van der Waals surface area (Å²) in [6.07, 6.45) is 6.69. The lowest BCUT2D eigenvalue weighted by atomic mass is 9.98. The van der Waals surface area contributed by atoms with Crippen LogP contribution in [0.4, 0.5) is 21.8 Å². The minimum Gasteiger partial charge on any atom is -0.363 e. The second kappa shape index (κ2) is 10.7. The molecule has 35 heavy (non-hydrogen) atoms. The molecule has 0 saturated carbocycles. The van der Waals surface area contributed by atoms with Crippen LogP contribution in [-0.2, 0) is 17.9 Å². The molecular formula is C26H34FN7O. The number of benzene rings is 1. The first-order valence-electron chi connectivity index (χ1n) is 12.6. The smallest absolute Gasteiger partial charge is 0.246 e. The summed E-state index contributed by atoms with van der Waals surface area (Å²) < 4.78 is 14.5. The Morgan fingerprint density at radius 1 is 1.23 bits per heavy atom. The van der Waals surface area contributed by atoms with E-state index >= 15 is 0 Å². The number of hydrogen-bond acceptors (Lipinski definition) is 7. The van der Waals surface area contributed by atoms with E-state index in [2.05, 4.69) is 49.5 Å². The lowest BCUT2D eigenvalue weighted by molar-refractivity contribution is -0.127. The van der Waals surface area contributed by atoms with Crippen LogP contribution in [0.5, 0.6) is 0 Å². The van der Waals surface area contributed by atoms with Crippen LogP contribution in [0.2, 0.25) is 0 Å². The van der Waals surface area contributed by atoms with Gasteiger partial charge in [0, 0.05) is 44.5 Å². The Hall–Kier alpha value is -3.04. The fourth-order valence-electron chi connectivity index (χ4n) is 5.38. The summed E-state index contributed by atoms with van der Waals surface area (Å²) in [5.41, 5.74) is 3.58. The number of halogens is 1. The van der Waals surface area contributed by atoms with Crippen LogP contribution in [0.25, 0.3) is 0 Å². The molecule has 0 spiro atoms. The van der Waals surface area contributed by atoms with Crippen LogP contribution >= 0.6 is 0 Å². The van der Waals surface area contributed by atoms with Crippen LogP contribution in [-0.4, -0.2) is 64.4 Å². The van der Waals surface area contributed by atoms with Crippen LogP contribution in [0, 0.1) is 11.7 Å². The maximum Gasteiger partial charge on any atom is 0.246 e. The van der Waals surface area contributed by atoms with Crippen molar-refractivity contribution in [2.45, 2.75) is 44.8 Å². The average molecular weight is 480 g/mol. The fourth-order valence-corrected chi connectivity index (χ4v) is 5.38. The van der Waals surface area contributed by atoms with Gasteiger partial charge >= 0.3 is 0 Å². The van der Waals surface area contributed by atoms with Gasteiger partial charge in [-0.3, -0.25) is 9.69 Å². The highest BCUT2D eigenvalue weighted by molar-refractivity contribution is 5.87. The summed E-state index contributed by atoms with van der Waals surface area (Å²) in [7, 11) is 0. The molecule has 5 rings (SSSR count). The number of piperidine rings is 2. The first kappa shape index (κ1) is 23.7. The number of likely N-dealkylation sites (tertiary alicyclic amines) is 1. The number of rotatable bonds is 7. The Bertz CT molecular complexity index is 1070. The van der Waals surface area contributed by atoms with Crippen LogP contribution in [0.3, 0.4) is 0 Å². The Labute approximate surface area is 206 Å². The Balaban J connectivity index is 1.21. The number of carbonyl (C=O) groups is 1. The predicted molar refractivity (Wildman–Crippen MR) is 135 cm³/mol. The summed E-state index contributed by atoms with van der Waals surface area (Å²) in [6, 6.07) is 6.27. The number of amides is 1. The van der Waals surface area contributed by atoms with E-state index in [9.17, 15) is 9.18 Å². The van der Waals surface area contributed by atoms with Crippen molar-refractivity contribution in [2.75, 3.05) is 43.4 Å². The van der Waals surface area contributed by atoms with Gasteiger partial charge in [0.05, 0.1) is 6.20 Å². The predicted octanol–water partition coefficient (Wildman–Crippen LogP) is 3.26. The first-order chi connectivity index (χ1) is 17.1. The molecule has 0 radical (unpaired) electrons. The lowest BCUT2D eigenvalue weighted by Crippen LogP contribution is -2.44. The molecule has 1 aromatic carbocycles. The van der Waals surface area contributed by atoms with E-state index in [0.29, 0.717) is 19.0 Å². The highest BCUT2D eigenvalue weighted by atomic mass is 19.1. The van der Waals surface area contributed by atoms with E-state index in [0.717, 1.165) is 57.2 Å². The number of carbonyl (C=O) groups excluding carboxylic acids is 1. The number of hydrogen-bond donors (Lipinski definition) is 3. The summed E-state index contributed by atoms with van der Waals surface area (Å²) in [5.74, 6) is 0.647. The summed E-state index contributed by atoms with van der Waals surface area (Å²) in [6.45, 7) is 10.1. The molecule has 8 nitrogen and oxygen atoms in total. The summed E-state index contributed by atoms with van der Waals surface area (Å²) >= 11 is 0. The maximum atomic E-state index is 14.5. The Kier molecular flexibility index (Phi) is 7.24. The van der Waals surface area contributed by atoms with Crippen molar-refractivity contribution in [3.63, 3.8) is 0 Å². The molecule has 1 unspecified atom stereocenters. The highest BCUT2D eigenvalue weighted by Crippen LogP contribution is 2.29. The standard InChI is InChI=1S/C26H34FN7O/c1-2-24(35)34-11-3-4-22(17-34)30-25-23(27)13-29-26(32-25)31-21-6-5-19-15-33(16-20(19)12-21)14-18-7-9-28-10-8-18/h2,5-6,12-13,18,22,28H,1,3-4,7-11,14-17H2,(H2,29,30,31,32). The molecule has 3 aliphatic heterocycles. The Morgan fingerprint density at radius 2 is 2.06 bits per heavy atom. The minimum atomic E-state index is -0.509. The Morgan fingerprint density at radius 3 is 2.89 bits per heavy atom. The molecule has 0 aliphatic carbocycles. The third-order valence-electron chi connectivity index (χ3n) is 7.22. The summed E-state index contributed by atoms with van der Waals surface area (Å²) in [5, 5.41) is 9.84. The molecule has 0 bridgehead atoms. The van der Waals surface area contributed by atoms with Crippen molar-refractivity contribution in [1.82, 2.24) is 25.1 Å². The lowest BCUT2D eigenvalue weighted by Gasteiger charge is -2.32. The van der Waals surface area contributed by atoms with Crippen molar-refractivity contribution in [2.24, 2.45) is 5.92 Å². The zero-order valence-electron chi connectivity index (χ0n) is 20.1. The van der Waals surface area contributed by atoms with Gasteiger partial charge in [0.2, 0.25) is 11.9 Å². The van der Waals surface area contributed by atoms with Crippen LogP contribution in [0.15, 0.2) is 37.1 Å². The van der Waals surface area contributed by atoms with Crippen molar-refractivity contribution in [1.29, 1.82) is 0 Å². The molecule has 2 saturated heterocycles. The van der Waals surface area contributed by atoms with Gasteiger partial charge in [-0.15, -0.1) is 0 Å². The largest absolute Gasteiger partial charge is 0.363 e. The number of aromatic nitrogens is 2. The van der Waals surface area contributed by atoms with Crippen molar-refractivity contribution >= 4 is 23.4 Å². The monoisotopic (exact) mass is 479 g/mol. The SMILES string of the molecule is C=CC(=O)N1CCCC(Nc2nc(Nc3ccc4c(c3)CN(CC3CCNCC3)C4)ncc2F)C1.